The minimum atomic E-state index is -0.0414. The molecule has 4 aliphatic rings. The first-order valence-electron chi connectivity index (χ1n) is 7.96. The molecule has 0 radical (unpaired) electrons. The van der Waals surface area contributed by atoms with Gasteiger partial charge in [-0.3, -0.25) is 14.5 Å². The Morgan fingerprint density at radius 3 is 2.41 bits per heavy atom. The molecular formula is C17H17NO4. The summed E-state index contributed by atoms with van der Waals surface area (Å²) in [5, 5.41) is 0. The standard InChI is InChI=1S/C17H17NO4/c19-16-14-10-2-3-11(6-10)15(14)17(20)18(16)7-9-1-4-12-13(5-9)22-8-21-12/h1,4-5,10-11,14-15H,2-3,6-8H2. The van der Waals surface area contributed by atoms with E-state index in [0.29, 0.717) is 24.1 Å². The van der Waals surface area contributed by atoms with E-state index in [9.17, 15) is 9.59 Å². The van der Waals surface area contributed by atoms with Crippen molar-refractivity contribution in [2.75, 3.05) is 6.79 Å². The average Bonchev–Trinajstić information content (AvgIpc) is 3.27. The van der Waals surface area contributed by atoms with Gasteiger partial charge in [0.25, 0.3) is 0 Å². The first-order valence-corrected chi connectivity index (χ1v) is 7.96. The van der Waals surface area contributed by atoms with E-state index in [2.05, 4.69) is 0 Å². The van der Waals surface area contributed by atoms with Gasteiger partial charge in [-0.15, -0.1) is 0 Å². The Labute approximate surface area is 128 Å². The van der Waals surface area contributed by atoms with Crippen LogP contribution < -0.4 is 9.47 Å². The van der Waals surface area contributed by atoms with Crippen LogP contribution in [0.25, 0.3) is 0 Å². The van der Waals surface area contributed by atoms with E-state index < -0.39 is 0 Å². The molecule has 2 bridgehead atoms. The summed E-state index contributed by atoms with van der Waals surface area (Å²) in [6.45, 7) is 0.578. The van der Waals surface area contributed by atoms with Gasteiger partial charge in [-0.1, -0.05) is 6.07 Å². The number of ether oxygens (including phenoxy) is 2. The highest BCUT2D eigenvalue weighted by Crippen LogP contribution is 2.56. The van der Waals surface area contributed by atoms with Crippen LogP contribution in [0, 0.1) is 23.7 Å². The first kappa shape index (κ1) is 12.5. The molecule has 22 heavy (non-hydrogen) atoms. The lowest BCUT2D eigenvalue weighted by Gasteiger charge is -2.19. The van der Waals surface area contributed by atoms with Crippen LogP contribution in [0.2, 0.25) is 0 Å². The Morgan fingerprint density at radius 1 is 1.00 bits per heavy atom. The fourth-order valence-corrected chi connectivity index (χ4v) is 4.85. The van der Waals surface area contributed by atoms with Gasteiger partial charge in [-0.25, -0.2) is 0 Å². The first-order chi connectivity index (χ1) is 10.7. The minimum Gasteiger partial charge on any atom is -0.454 e. The van der Waals surface area contributed by atoms with E-state index in [1.165, 1.54) is 4.90 Å². The zero-order chi connectivity index (χ0) is 14.8. The average molecular weight is 299 g/mol. The number of amides is 2. The van der Waals surface area contributed by atoms with Gasteiger partial charge in [0.2, 0.25) is 18.6 Å². The number of carbonyl (C=O) groups is 2. The summed E-state index contributed by atoms with van der Waals surface area (Å²) >= 11 is 0. The second kappa shape index (κ2) is 4.24. The van der Waals surface area contributed by atoms with E-state index in [0.717, 1.165) is 30.6 Å². The molecule has 2 aliphatic heterocycles. The van der Waals surface area contributed by atoms with Crippen LogP contribution in [-0.4, -0.2) is 23.5 Å². The molecule has 0 spiro atoms. The van der Waals surface area contributed by atoms with Crippen LogP contribution in [0.3, 0.4) is 0 Å². The molecule has 4 unspecified atom stereocenters. The molecule has 2 saturated carbocycles. The maximum Gasteiger partial charge on any atom is 0.233 e. The van der Waals surface area contributed by atoms with Gasteiger partial charge < -0.3 is 9.47 Å². The molecule has 0 N–H and O–H groups in total. The Bertz CT molecular complexity index is 657. The molecular weight excluding hydrogens is 282 g/mol. The van der Waals surface area contributed by atoms with Crippen LogP contribution in [0.4, 0.5) is 0 Å². The molecule has 5 rings (SSSR count). The summed E-state index contributed by atoms with van der Waals surface area (Å²) < 4.78 is 10.7. The second-order valence-corrected chi connectivity index (χ2v) is 6.84. The van der Waals surface area contributed by atoms with Gasteiger partial charge in [0.15, 0.2) is 11.5 Å². The van der Waals surface area contributed by atoms with Gasteiger partial charge in [0, 0.05) is 0 Å². The molecule has 1 aromatic carbocycles. The summed E-state index contributed by atoms with van der Waals surface area (Å²) in [6.07, 6.45) is 3.30. The molecule has 0 aromatic heterocycles. The second-order valence-electron chi connectivity index (χ2n) is 6.84. The summed E-state index contributed by atoms with van der Waals surface area (Å²) in [6, 6.07) is 5.61. The molecule has 3 fully saturated rings. The van der Waals surface area contributed by atoms with Crippen molar-refractivity contribution in [1.29, 1.82) is 0 Å². The normalized spacial score (nSPS) is 34.6. The highest BCUT2D eigenvalue weighted by Gasteiger charge is 2.60. The lowest BCUT2D eigenvalue weighted by Crippen LogP contribution is -2.32. The van der Waals surface area contributed by atoms with E-state index >= 15 is 0 Å². The summed E-state index contributed by atoms with van der Waals surface area (Å²) in [4.78, 5) is 26.8. The predicted molar refractivity (Wildman–Crippen MR) is 75.9 cm³/mol. The molecule has 2 heterocycles. The third kappa shape index (κ3) is 1.54. The van der Waals surface area contributed by atoms with Gasteiger partial charge >= 0.3 is 0 Å². The quantitative estimate of drug-likeness (QED) is 0.783. The Kier molecular flexibility index (Phi) is 2.41. The SMILES string of the molecule is O=C1C2C3CCC(C3)C2C(=O)N1Cc1ccc2c(c1)OCO2. The summed E-state index contributed by atoms with van der Waals surface area (Å²) in [5.74, 6) is 2.29. The molecule has 5 heteroatoms. The number of benzene rings is 1. The lowest BCUT2D eigenvalue weighted by molar-refractivity contribution is -0.141. The van der Waals surface area contributed by atoms with Crippen molar-refractivity contribution in [3.8, 4) is 11.5 Å². The van der Waals surface area contributed by atoms with Crippen molar-refractivity contribution in [3.05, 3.63) is 23.8 Å². The van der Waals surface area contributed by atoms with Gasteiger partial charge in [-0.05, 0) is 48.8 Å². The maximum absolute atomic E-state index is 12.7. The Hall–Kier alpha value is -2.04. The van der Waals surface area contributed by atoms with E-state index in [-0.39, 0.29) is 30.4 Å². The van der Waals surface area contributed by atoms with Crippen LogP contribution >= 0.6 is 0 Å². The van der Waals surface area contributed by atoms with Crippen LogP contribution in [0.1, 0.15) is 24.8 Å². The van der Waals surface area contributed by atoms with Gasteiger partial charge in [-0.2, -0.15) is 0 Å². The van der Waals surface area contributed by atoms with Crippen LogP contribution in [0.5, 0.6) is 11.5 Å². The molecule has 5 nitrogen and oxygen atoms in total. The molecule has 2 aliphatic carbocycles. The van der Waals surface area contributed by atoms with Crippen molar-refractivity contribution in [3.63, 3.8) is 0 Å². The molecule has 114 valence electrons. The van der Waals surface area contributed by atoms with Crippen molar-refractivity contribution >= 4 is 11.8 Å². The largest absolute Gasteiger partial charge is 0.454 e. The summed E-state index contributed by atoms with van der Waals surface area (Å²) in [7, 11) is 0. The van der Waals surface area contributed by atoms with Crippen LogP contribution in [-0.2, 0) is 16.1 Å². The predicted octanol–water partition coefficient (Wildman–Crippen LogP) is 1.95. The number of nitrogens with zero attached hydrogens (tertiary/aromatic N) is 1. The molecule has 1 saturated heterocycles. The highest BCUT2D eigenvalue weighted by atomic mass is 16.7. The molecule has 1 aromatic rings. The van der Waals surface area contributed by atoms with E-state index in [1.54, 1.807) is 0 Å². The Morgan fingerprint density at radius 2 is 1.68 bits per heavy atom. The van der Waals surface area contributed by atoms with Gasteiger partial charge in [0.05, 0.1) is 18.4 Å². The number of carbonyl (C=O) groups excluding carboxylic acids is 2. The van der Waals surface area contributed by atoms with Gasteiger partial charge in [0.1, 0.15) is 0 Å². The third-order valence-corrected chi connectivity index (χ3v) is 5.80. The number of rotatable bonds is 2. The van der Waals surface area contributed by atoms with Crippen molar-refractivity contribution in [2.24, 2.45) is 23.7 Å². The highest BCUT2D eigenvalue weighted by molar-refractivity contribution is 6.06. The topological polar surface area (TPSA) is 55.8 Å². The minimum absolute atomic E-state index is 0.0414. The van der Waals surface area contributed by atoms with Crippen molar-refractivity contribution < 1.29 is 19.1 Å². The maximum atomic E-state index is 12.7. The zero-order valence-corrected chi connectivity index (χ0v) is 12.2. The van der Waals surface area contributed by atoms with Crippen molar-refractivity contribution in [2.45, 2.75) is 25.8 Å². The molecule has 4 atom stereocenters. The number of imide groups is 1. The fourth-order valence-electron chi connectivity index (χ4n) is 4.85. The Balaban J connectivity index is 1.42. The molecule has 2 amide bonds. The monoisotopic (exact) mass is 299 g/mol. The smallest absolute Gasteiger partial charge is 0.233 e. The number of likely N-dealkylation sites (tertiary alicyclic amines) is 1. The number of hydrogen-bond donors (Lipinski definition) is 0. The third-order valence-electron chi connectivity index (χ3n) is 5.80. The number of hydrogen-bond acceptors (Lipinski definition) is 4. The van der Waals surface area contributed by atoms with E-state index in [1.807, 2.05) is 18.2 Å². The lowest BCUT2D eigenvalue weighted by atomic mass is 9.81. The zero-order valence-electron chi connectivity index (χ0n) is 12.2. The fraction of sp³-hybridized carbons (Fsp3) is 0.529. The van der Waals surface area contributed by atoms with Crippen molar-refractivity contribution in [1.82, 2.24) is 4.90 Å². The number of fused-ring (bicyclic) bond motifs is 6. The van der Waals surface area contributed by atoms with E-state index in [4.69, 9.17) is 9.47 Å². The van der Waals surface area contributed by atoms with Crippen LogP contribution in [0.15, 0.2) is 18.2 Å². The summed E-state index contributed by atoms with van der Waals surface area (Å²) in [5.41, 5.74) is 0.915.